The Morgan fingerprint density at radius 2 is 1.79 bits per heavy atom. The van der Waals surface area contributed by atoms with Gasteiger partial charge in [0.15, 0.2) is 12.0 Å². The highest BCUT2D eigenvalue weighted by atomic mass is 32.2. The van der Waals surface area contributed by atoms with Gasteiger partial charge in [0.1, 0.15) is 22.2 Å². The third-order valence-corrected chi connectivity index (χ3v) is 6.75. The fourth-order valence-electron chi connectivity index (χ4n) is 3.59. The van der Waals surface area contributed by atoms with Crippen molar-refractivity contribution < 1.29 is 26.3 Å². The van der Waals surface area contributed by atoms with Crippen LogP contribution in [-0.2, 0) is 14.8 Å². The summed E-state index contributed by atoms with van der Waals surface area (Å²) in [5, 5.41) is 4.51. The van der Waals surface area contributed by atoms with Crippen LogP contribution in [0, 0.1) is 17.5 Å². The molecule has 1 N–H and O–H groups in total. The van der Waals surface area contributed by atoms with Crippen LogP contribution in [0.1, 0.15) is 12.6 Å². The van der Waals surface area contributed by atoms with E-state index in [1.165, 1.54) is 18.2 Å². The van der Waals surface area contributed by atoms with Crippen molar-refractivity contribution in [3.05, 3.63) is 84.6 Å². The fraction of sp³-hybridized carbons (Fsp3) is 0.130. The van der Waals surface area contributed by atoms with Crippen LogP contribution in [0.2, 0.25) is 0 Å². The number of benzene rings is 2. The molecule has 174 valence electrons. The fourth-order valence-corrected chi connectivity index (χ4v) is 4.74. The second kappa shape index (κ2) is 8.58. The smallest absolute Gasteiger partial charge is 0.265 e. The monoisotopic (exact) mass is 486 g/mol. The van der Waals surface area contributed by atoms with E-state index < -0.39 is 38.1 Å². The van der Waals surface area contributed by atoms with Gasteiger partial charge in [-0.05, 0) is 48.0 Å². The van der Waals surface area contributed by atoms with Gasteiger partial charge in [-0.3, -0.25) is 9.71 Å². The number of anilines is 1. The lowest BCUT2D eigenvalue weighted by atomic mass is 10.0. The summed E-state index contributed by atoms with van der Waals surface area (Å²) in [4.78, 5) is 3.07. The number of ether oxygens (including phenoxy) is 1. The maximum atomic E-state index is 15.6. The summed E-state index contributed by atoms with van der Waals surface area (Å²) in [5.41, 5.74) is 1.16. The zero-order chi connectivity index (χ0) is 23.9. The van der Waals surface area contributed by atoms with Crippen LogP contribution in [0.4, 0.5) is 18.9 Å². The van der Waals surface area contributed by atoms with Crippen molar-refractivity contribution in [1.29, 1.82) is 0 Å². The molecule has 0 spiro atoms. The number of nitrogens with one attached hydrogen (secondary N) is 1. The van der Waals surface area contributed by atoms with Crippen LogP contribution in [0.25, 0.3) is 22.4 Å². The van der Waals surface area contributed by atoms with E-state index in [9.17, 15) is 17.2 Å². The highest BCUT2D eigenvalue weighted by molar-refractivity contribution is 7.92. The molecule has 7 nitrogen and oxygen atoms in total. The summed E-state index contributed by atoms with van der Waals surface area (Å²) in [5.74, 6) is -3.02. The van der Waals surface area contributed by atoms with Crippen molar-refractivity contribution in [2.75, 3.05) is 11.3 Å². The molecule has 1 unspecified atom stereocenters. The molecule has 0 aliphatic carbocycles. The van der Waals surface area contributed by atoms with E-state index in [1.54, 1.807) is 35.4 Å². The van der Waals surface area contributed by atoms with Crippen LogP contribution in [0.5, 0.6) is 0 Å². The predicted octanol–water partition coefficient (Wildman–Crippen LogP) is 4.75. The second-order valence-electron chi connectivity index (χ2n) is 7.57. The molecule has 1 fully saturated rings. The molecule has 11 heteroatoms. The maximum Gasteiger partial charge on any atom is 0.265 e. The number of halogens is 3. The molecular formula is C23H17F3N4O3S. The minimum atomic E-state index is -4.61. The molecule has 1 aliphatic rings. The van der Waals surface area contributed by atoms with Gasteiger partial charge < -0.3 is 4.74 Å². The molecule has 2 aromatic heterocycles. The van der Waals surface area contributed by atoms with Gasteiger partial charge in [-0.25, -0.2) is 26.3 Å². The lowest BCUT2D eigenvalue weighted by Crippen LogP contribution is -2.24. The summed E-state index contributed by atoms with van der Waals surface area (Å²) in [6.45, 7) is 0.590. The van der Waals surface area contributed by atoms with Crippen molar-refractivity contribution in [2.45, 2.75) is 17.5 Å². The number of pyridine rings is 1. The molecule has 3 heterocycles. The van der Waals surface area contributed by atoms with Crippen LogP contribution in [0.3, 0.4) is 0 Å². The average molecular weight is 486 g/mol. The Morgan fingerprint density at radius 1 is 1.03 bits per heavy atom. The van der Waals surface area contributed by atoms with Gasteiger partial charge in [0.2, 0.25) is 0 Å². The Bertz CT molecular complexity index is 1470. The van der Waals surface area contributed by atoms with Gasteiger partial charge >= 0.3 is 0 Å². The molecule has 0 bridgehead atoms. The van der Waals surface area contributed by atoms with Crippen molar-refractivity contribution >= 4 is 15.7 Å². The molecule has 0 amide bonds. The Kier molecular flexibility index (Phi) is 5.58. The van der Waals surface area contributed by atoms with Gasteiger partial charge in [-0.15, -0.1) is 0 Å². The summed E-state index contributed by atoms with van der Waals surface area (Å²) in [7, 11) is -4.61. The predicted molar refractivity (Wildman–Crippen MR) is 118 cm³/mol. The van der Waals surface area contributed by atoms with Gasteiger partial charge in [0.25, 0.3) is 10.0 Å². The molecule has 1 saturated heterocycles. The van der Waals surface area contributed by atoms with Crippen LogP contribution < -0.4 is 4.72 Å². The molecule has 34 heavy (non-hydrogen) atoms. The Morgan fingerprint density at radius 3 is 2.50 bits per heavy atom. The first-order chi connectivity index (χ1) is 16.3. The molecule has 0 saturated carbocycles. The van der Waals surface area contributed by atoms with E-state index in [-0.39, 0.29) is 17.5 Å². The Balaban J connectivity index is 1.58. The summed E-state index contributed by atoms with van der Waals surface area (Å²) >= 11 is 0. The van der Waals surface area contributed by atoms with E-state index in [0.29, 0.717) is 24.3 Å². The van der Waals surface area contributed by atoms with E-state index in [4.69, 9.17) is 4.74 Å². The second-order valence-corrected chi connectivity index (χ2v) is 9.22. The summed E-state index contributed by atoms with van der Waals surface area (Å²) < 4.78 is 77.6. The minimum absolute atomic E-state index is 0.0183. The quantitative estimate of drug-likeness (QED) is 0.425. The largest absolute Gasteiger partial charge is 0.356 e. The third kappa shape index (κ3) is 4.03. The molecule has 2 aromatic carbocycles. The topological polar surface area (TPSA) is 86.1 Å². The van der Waals surface area contributed by atoms with E-state index in [0.717, 1.165) is 18.1 Å². The zero-order valence-electron chi connectivity index (χ0n) is 17.5. The van der Waals surface area contributed by atoms with Gasteiger partial charge in [-0.1, -0.05) is 6.07 Å². The summed E-state index contributed by atoms with van der Waals surface area (Å²) in [6, 6.07) is 9.56. The molecule has 4 aromatic rings. The number of hydrogen-bond donors (Lipinski definition) is 1. The first-order valence-electron chi connectivity index (χ1n) is 10.2. The highest BCUT2D eigenvalue weighted by Crippen LogP contribution is 2.37. The molecule has 1 aliphatic heterocycles. The van der Waals surface area contributed by atoms with Crippen molar-refractivity contribution in [1.82, 2.24) is 14.8 Å². The maximum absolute atomic E-state index is 15.6. The summed E-state index contributed by atoms with van der Waals surface area (Å²) in [6.07, 6.45) is 5.37. The van der Waals surface area contributed by atoms with E-state index >= 15 is 4.39 Å². The highest BCUT2D eigenvalue weighted by Gasteiger charge is 2.27. The average Bonchev–Trinajstić information content (AvgIpc) is 3.20. The number of aromatic nitrogens is 3. The Labute approximate surface area is 192 Å². The van der Waals surface area contributed by atoms with Gasteiger partial charge in [0.05, 0.1) is 12.3 Å². The lowest BCUT2D eigenvalue weighted by Gasteiger charge is -2.26. The Hall–Kier alpha value is -3.70. The molecular weight excluding hydrogens is 469 g/mol. The van der Waals surface area contributed by atoms with Crippen molar-refractivity contribution in [3.63, 3.8) is 0 Å². The van der Waals surface area contributed by atoms with E-state index in [1.807, 2.05) is 4.72 Å². The number of nitrogens with zero attached hydrogens (tertiary/aromatic N) is 3. The molecule has 5 rings (SSSR count). The van der Waals surface area contributed by atoms with Crippen molar-refractivity contribution in [3.8, 4) is 22.4 Å². The number of sulfonamides is 1. The van der Waals surface area contributed by atoms with Crippen LogP contribution in [0.15, 0.2) is 72.0 Å². The number of hydrogen-bond acceptors (Lipinski definition) is 5. The normalized spacial score (nSPS) is 15.7. The van der Waals surface area contributed by atoms with Gasteiger partial charge in [0, 0.05) is 36.1 Å². The zero-order valence-corrected chi connectivity index (χ0v) is 18.3. The van der Waals surface area contributed by atoms with Crippen LogP contribution >= 0.6 is 0 Å². The number of rotatable bonds is 6. The standard InChI is InChI=1S/C23H17F3N4O3S/c24-15-4-5-18(25)20(12-15)34(31,32)29-19-3-1-2-16(22(19)26)23-17(14-6-9-27-10-7-14)13-30(28-23)21-8-11-33-21/h1-7,9-10,12-13,21,29H,8,11H2. The molecule has 1 atom stereocenters. The van der Waals surface area contributed by atoms with Crippen molar-refractivity contribution in [2.24, 2.45) is 0 Å². The minimum Gasteiger partial charge on any atom is -0.356 e. The first-order valence-corrected chi connectivity index (χ1v) is 11.7. The van der Waals surface area contributed by atoms with Gasteiger partial charge in [-0.2, -0.15) is 5.10 Å². The SMILES string of the molecule is O=S(=O)(Nc1cccc(-c2nn(C3CCO3)cc2-c2ccncc2)c1F)c1cc(F)ccc1F. The third-order valence-electron chi connectivity index (χ3n) is 5.37. The van der Waals surface area contributed by atoms with E-state index in [2.05, 4.69) is 10.1 Å². The lowest BCUT2D eigenvalue weighted by molar-refractivity contribution is -0.106. The first kappa shape index (κ1) is 22.1. The molecule has 0 radical (unpaired) electrons. The van der Waals surface area contributed by atoms with Crippen LogP contribution in [-0.4, -0.2) is 29.8 Å².